The fourth-order valence-electron chi connectivity index (χ4n) is 2.19. The van der Waals surface area contributed by atoms with Gasteiger partial charge in [0.2, 0.25) is 0 Å². The molecular formula is C13H15N3O2. The summed E-state index contributed by atoms with van der Waals surface area (Å²) in [6, 6.07) is 10.1. The van der Waals surface area contributed by atoms with Crippen LogP contribution in [-0.2, 0) is 0 Å². The Balaban J connectivity index is 1.74. The quantitative estimate of drug-likeness (QED) is 0.891. The van der Waals surface area contributed by atoms with Crippen LogP contribution in [0.15, 0.2) is 36.7 Å². The van der Waals surface area contributed by atoms with E-state index in [1.807, 2.05) is 30.3 Å². The Morgan fingerprint density at radius 1 is 1.22 bits per heavy atom. The van der Waals surface area contributed by atoms with Crippen molar-refractivity contribution in [3.63, 3.8) is 0 Å². The number of hydrogen-bond donors (Lipinski definition) is 1. The van der Waals surface area contributed by atoms with Crippen LogP contribution in [0, 0.1) is 0 Å². The molecule has 0 bridgehead atoms. The summed E-state index contributed by atoms with van der Waals surface area (Å²) in [6.07, 6.45) is 3.70. The van der Waals surface area contributed by atoms with Crippen LogP contribution in [0.25, 0.3) is 5.69 Å². The van der Waals surface area contributed by atoms with Crippen LogP contribution in [0.3, 0.4) is 0 Å². The Morgan fingerprint density at radius 2 is 2.06 bits per heavy atom. The molecular weight excluding hydrogens is 230 g/mol. The topological polar surface area (TPSA) is 60.2 Å². The van der Waals surface area contributed by atoms with E-state index < -0.39 is 6.10 Å². The molecule has 0 spiro atoms. The average Bonchev–Trinajstić information content (AvgIpc) is 3.02. The van der Waals surface area contributed by atoms with E-state index in [1.54, 1.807) is 11.0 Å². The Morgan fingerprint density at radius 3 is 2.78 bits per heavy atom. The molecule has 0 aliphatic heterocycles. The highest BCUT2D eigenvalue weighted by atomic mass is 16.5. The molecule has 2 aromatic rings. The van der Waals surface area contributed by atoms with Crippen molar-refractivity contribution in [3.05, 3.63) is 36.7 Å². The van der Waals surface area contributed by atoms with Crippen molar-refractivity contribution in [1.29, 1.82) is 0 Å². The summed E-state index contributed by atoms with van der Waals surface area (Å²) < 4.78 is 7.26. The van der Waals surface area contributed by atoms with Gasteiger partial charge < -0.3 is 9.84 Å². The van der Waals surface area contributed by atoms with Gasteiger partial charge in [0, 0.05) is 0 Å². The number of nitrogens with zero attached hydrogens (tertiary/aromatic N) is 3. The third-order valence-corrected chi connectivity index (χ3v) is 3.17. The number of aliphatic hydroxyl groups excluding tert-OH is 1. The van der Waals surface area contributed by atoms with Crippen molar-refractivity contribution in [2.24, 2.45) is 0 Å². The third kappa shape index (κ3) is 2.22. The minimum absolute atomic E-state index is 0.170. The highest BCUT2D eigenvalue weighted by molar-refractivity contribution is 5.29. The number of rotatable bonds is 3. The molecule has 1 saturated carbocycles. The van der Waals surface area contributed by atoms with E-state index in [2.05, 4.69) is 10.1 Å². The SMILES string of the molecule is O[C@@H]1CCC[C@H]1Oc1ncn(-c2ccccc2)n1. The maximum atomic E-state index is 9.69. The van der Waals surface area contributed by atoms with E-state index in [9.17, 15) is 5.11 Å². The Kier molecular flexibility index (Phi) is 2.98. The predicted octanol–water partition coefficient (Wildman–Crippen LogP) is 1.56. The summed E-state index contributed by atoms with van der Waals surface area (Å²) in [4.78, 5) is 4.11. The van der Waals surface area contributed by atoms with Gasteiger partial charge in [0.05, 0.1) is 11.8 Å². The van der Waals surface area contributed by atoms with E-state index in [1.165, 1.54) is 0 Å². The summed E-state index contributed by atoms with van der Waals surface area (Å²) in [7, 11) is 0. The fourth-order valence-corrected chi connectivity index (χ4v) is 2.19. The highest BCUT2D eigenvalue weighted by Gasteiger charge is 2.27. The molecule has 1 aliphatic rings. The lowest BCUT2D eigenvalue weighted by atomic mass is 10.3. The predicted molar refractivity (Wildman–Crippen MR) is 65.6 cm³/mol. The lowest BCUT2D eigenvalue weighted by Gasteiger charge is -2.13. The number of para-hydroxylation sites is 1. The van der Waals surface area contributed by atoms with Crippen LogP contribution in [0.1, 0.15) is 19.3 Å². The zero-order valence-electron chi connectivity index (χ0n) is 9.94. The van der Waals surface area contributed by atoms with E-state index in [4.69, 9.17) is 4.74 Å². The highest BCUT2D eigenvalue weighted by Crippen LogP contribution is 2.22. The first-order valence-electron chi connectivity index (χ1n) is 6.15. The van der Waals surface area contributed by atoms with Gasteiger partial charge in [0.1, 0.15) is 12.4 Å². The summed E-state index contributed by atoms with van der Waals surface area (Å²) in [6.45, 7) is 0. The van der Waals surface area contributed by atoms with E-state index in [0.29, 0.717) is 6.01 Å². The van der Waals surface area contributed by atoms with Crippen LogP contribution in [0.5, 0.6) is 6.01 Å². The number of aliphatic hydroxyl groups is 1. The molecule has 1 N–H and O–H groups in total. The standard InChI is InChI=1S/C13H15N3O2/c17-11-7-4-8-12(11)18-13-14-9-16(15-13)10-5-2-1-3-6-10/h1-3,5-6,9,11-12,17H,4,7-8H2/t11-,12-/m1/s1. The molecule has 0 unspecified atom stereocenters. The normalized spacial score (nSPS) is 23.2. The van der Waals surface area contributed by atoms with Gasteiger partial charge in [-0.05, 0) is 31.4 Å². The average molecular weight is 245 g/mol. The number of ether oxygens (including phenoxy) is 1. The van der Waals surface area contributed by atoms with E-state index >= 15 is 0 Å². The molecule has 1 aromatic carbocycles. The van der Waals surface area contributed by atoms with Gasteiger partial charge in [-0.2, -0.15) is 4.98 Å². The second-order valence-electron chi connectivity index (χ2n) is 4.46. The fraction of sp³-hybridized carbons (Fsp3) is 0.385. The van der Waals surface area contributed by atoms with Gasteiger partial charge in [-0.1, -0.05) is 18.2 Å². The molecule has 3 rings (SSSR count). The summed E-state index contributed by atoms with van der Waals surface area (Å²) >= 11 is 0. The maximum Gasteiger partial charge on any atom is 0.336 e. The van der Waals surface area contributed by atoms with E-state index in [-0.39, 0.29) is 6.10 Å². The van der Waals surface area contributed by atoms with Gasteiger partial charge >= 0.3 is 6.01 Å². The van der Waals surface area contributed by atoms with Gasteiger partial charge in [-0.3, -0.25) is 0 Å². The Hall–Kier alpha value is -1.88. The van der Waals surface area contributed by atoms with E-state index in [0.717, 1.165) is 24.9 Å². The number of aromatic nitrogens is 3. The van der Waals surface area contributed by atoms with Crippen LogP contribution >= 0.6 is 0 Å². The summed E-state index contributed by atoms with van der Waals surface area (Å²) in [5.41, 5.74) is 0.937. The van der Waals surface area contributed by atoms with Gasteiger partial charge in [-0.15, -0.1) is 5.10 Å². The zero-order valence-corrected chi connectivity index (χ0v) is 9.94. The number of benzene rings is 1. The van der Waals surface area contributed by atoms with Crippen LogP contribution in [0.4, 0.5) is 0 Å². The Labute approximate surface area is 105 Å². The van der Waals surface area contributed by atoms with Crippen molar-refractivity contribution >= 4 is 0 Å². The first-order valence-corrected chi connectivity index (χ1v) is 6.15. The first-order chi connectivity index (χ1) is 8.83. The molecule has 1 fully saturated rings. The lowest BCUT2D eigenvalue weighted by molar-refractivity contribution is 0.0542. The van der Waals surface area contributed by atoms with Gasteiger partial charge in [0.25, 0.3) is 0 Å². The van der Waals surface area contributed by atoms with Crippen molar-refractivity contribution < 1.29 is 9.84 Å². The molecule has 1 heterocycles. The second kappa shape index (κ2) is 4.78. The minimum Gasteiger partial charge on any atom is -0.456 e. The minimum atomic E-state index is -0.395. The molecule has 5 nitrogen and oxygen atoms in total. The Bertz CT molecular complexity index is 512. The molecule has 1 aromatic heterocycles. The second-order valence-corrected chi connectivity index (χ2v) is 4.46. The monoisotopic (exact) mass is 245 g/mol. The number of hydrogen-bond acceptors (Lipinski definition) is 4. The van der Waals surface area contributed by atoms with Gasteiger partial charge in [0.15, 0.2) is 0 Å². The summed E-state index contributed by atoms with van der Waals surface area (Å²) in [5.74, 6) is 0. The van der Waals surface area contributed by atoms with Gasteiger partial charge in [-0.25, -0.2) is 4.68 Å². The van der Waals surface area contributed by atoms with Crippen molar-refractivity contribution in [2.75, 3.05) is 0 Å². The first kappa shape index (κ1) is 11.2. The van der Waals surface area contributed by atoms with Crippen molar-refractivity contribution in [1.82, 2.24) is 14.8 Å². The van der Waals surface area contributed by atoms with Crippen LogP contribution in [-0.4, -0.2) is 32.1 Å². The van der Waals surface area contributed by atoms with Crippen LogP contribution in [0.2, 0.25) is 0 Å². The molecule has 0 amide bonds. The maximum absolute atomic E-state index is 9.69. The molecule has 2 atom stereocenters. The zero-order chi connectivity index (χ0) is 12.4. The van der Waals surface area contributed by atoms with Crippen LogP contribution < -0.4 is 4.74 Å². The summed E-state index contributed by atoms with van der Waals surface area (Å²) in [5, 5.41) is 13.9. The lowest BCUT2D eigenvalue weighted by Crippen LogP contribution is -2.26. The van der Waals surface area contributed by atoms with Crippen molar-refractivity contribution in [2.45, 2.75) is 31.5 Å². The smallest absolute Gasteiger partial charge is 0.336 e. The molecule has 18 heavy (non-hydrogen) atoms. The molecule has 94 valence electrons. The molecule has 1 aliphatic carbocycles. The molecule has 0 radical (unpaired) electrons. The molecule has 5 heteroatoms. The third-order valence-electron chi connectivity index (χ3n) is 3.17. The molecule has 0 saturated heterocycles. The van der Waals surface area contributed by atoms with Crippen molar-refractivity contribution in [3.8, 4) is 11.7 Å². The largest absolute Gasteiger partial charge is 0.456 e.